The highest BCUT2D eigenvalue weighted by molar-refractivity contribution is 7.13. The maximum atomic E-state index is 12.5. The summed E-state index contributed by atoms with van der Waals surface area (Å²) < 4.78 is 0. The number of thiazole rings is 1. The summed E-state index contributed by atoms with van der Waals surface area (Å²) in [7, 11) is 1.82. The number of benzene rings is 1. The summed E-state index contributed by atoms with van der Waals surface area (Å²) in [4.78, 5) is 23.0. The highest BCUT2D eigenvalue weighted by Gasteiger charge is 2.21. The number of nitrogens with zero attached hydrogens (tertiary/aromatic N) is 4. The molecule has 0 spiro atoms. The van der Waals surface area contributed by atoms with E-state index < -0.39 is 0 Å². The predicted molar refractivity (Wildman–Crippen MR) is 104 cm³/mol. The largest absolute Gasteiger partial charge is 0.346 e. The van der Waals surface area contributed by atoms with E-state index in [1.165, 1.54) is 0 Å². The Bertz CT molecular complexity index is 717. The van der Waals surface area contributed by atoms with Gasteiger partial charge >= 0.3 is 0 Å². The molecule has 1 aromatic carbocycles. The second-order valence-corrected chi connectivity index (χ2v) is 7.76. The quantitative estimate of drug-likeness (QED) is 0.774. The van der Waals surface area contributed by atoms with Gasteiger partial charge in [-0.2, -0.15) is 0 Å². The Kier molecular flexibility index (Phi) is 6.17. The van der Waals surface area contributed by atoms with Crippen molar-refractivity contribution in [3.63, 3.8) is 0 Å². The SMILES string of the molecule is CN(Cc1ccc(Cl)c(Cl)c1)C(=O)CN1CCN(c2nccs2)CC1. The number of carbonyl (C=O) groups excluding carboxylic acids is 1. The summed E-state index contributed by atoms with van der Waals surface area (Å²) in [5, 5.41) is 4.09. The molecule has 0 radical (unpaired) electrons. The van der Waals surface area contributed by atoms with E-state index in [1.54, 1.807) is 28.4 Å². The number of carbonyl (C=O) groups is 1. The van der Waals surface area contributed by atoms with Crippen LogP contribution in [0, 0.1) is 0 Å². The van der Waals surface area contributed by atoms with Crippen LogP contribution in [-0.4, -0.2) is 60.5 Å². The molecule has 1 saturated heterocycles. The zero-order valence-corrected chi connectivity index (χ0v) is 16.3. The molecule has 2 heterocycles. The Hall–Kier alpha value is -1.34. The molecule has 25 heavy (non-hydrogen) atoms. The van der Waals surface area contributed by atoms with Gasteiger partial charge in [-0.25, -0.2) is 4.98 Å². The lowest BCUT2D eigenvalue weighted by Crippen LogP contribution is -2.49. The number of rotatable bonds is 5. The molecule has 0 atom stereocenters. The van der Waals surface area contributed by atoms with Crippen LogP contribution in [0.3, 0.4) is 0 Å². The number of aromatic nitrogens is 1. The third-order valence-electron chi connectivity index (χ3n) is 4.25. The van der Waals surface area contributed by atoms with Crippen LogP contribution in [0.5, 0.6) is 0 Å². The van der Waals surface area contributed by atoms with Crippen molar-refractivity contribution in [1.29, 1.82) is 0 Å². The monoisotopic (exact) mass is 398 g/mol. The van der Waals surface area contributed by atoms with Crippen molar-refractivity contribution in [2.24, 2.45) is 0 Å². The molecule has 1 aliphatic heterocycles. The summed E-state index contributed by atoms with van der Waals surface area (Å²) in [6.07, 6.45) is 1.83. The molecule has 0 unspecified atom stereocenters. The minimum atomic E-state index is 0.105. The Morgan fingerprint density at radius 2 is 2.00 bits per heavy atom. The number of halogens is 2. The lowest BCUT2D eigenvalue weighted by Gasteiger charge is -2.34. The zero-order valence-electron chi connectivity index (χ0n) is 14.0. The minimum absolute atomic E-state index is 0.105. The average Bonchev–Trinajstić information content (AvgIpc) is 3.13. The van der Waals surface area contributed by atoms with Crippen LogP contribution >= 0.6 is 34.5 Å². The van der Waals surface area contributed by atoms with Crippen molar-refractivity contribution < 1.29 is 4.79 Å². The van der Waals surface area contributed by atoms with Gasteiger partial charge in [0.25, 0.3) is 0 Å². The minimum Gasteiger partial charge on any atom is -0.346 e. The number of amides is 1. The van der Waals surface area contributed by atoms with E-state index in [9.17, 15) is 4.79 Å². The lowest BCUT2D eigenvalue weighted by atomic mass is 10.2. The average molecular weight is 399 g/mol. The molecular weight excluding hydrogens is 379 g/mol. The third-order valence-corrected chi connectivity index (χ3v) is 5.82. The first-order valence-electron chi connectivity index (χ1n) is 8.07. The van der Waals surface area contributed by atoms with Gasteiger partial charge in [-0.05, 0) is 17.7 Å². The molecule has 0 N–H and O–H groups in total. The molecule has 0 saturated carbocycles. The van der Waals surface area contributed by atoms with E-state index >= 15 is 0 Å². The molecule has 1 aliphatic rings. The molecule has 0 aliphatic carbocycles. The van der Waals surface area contributed by atoms with Crippen LogP contribution < -0.4 is 4.90 Å². The van der Waals surface area contributed by atoms with Gasteiger partial charge in [0.05, 0.1) is 16.6 Å². The molecule has 2 aromatic rings. The summed E-state index contributed by atoms with van der Waals surface area (Å²) >= 11 is 13.6. The molecule has 3 rings (SSSR count). The normalized spacial score (nSPS) is 15.4. The first-order chi connectivity index (χ1) is 12.0. The van der Waals surface area contributed by atoms with Crippen molar-refractivity contribution in [2.75, 3.05) is 44.7 Å². The maximum absolute atomic E-state index is 12.5. The molecule has 1 amide bonds. The molecule has 0 bridgehead atoms. The standard InChI is InChI=1S/C17H20Cl2N4OS/c1-21(11-13-2-3-14(18)15(19)10-13)16(24)12-22-5-7-23(8-6-22)17-20-4-9-25-17/h2-4,9-10H,5-8,11-12H2,1H3. The predicted octanol–water partition coefficient (Wildman–Crippen LogP) is 3.23. The first-order valence-corrected chi connectivity index (χ1v) is 9.71. The van der Waals surface area contributed by atoms with Crippen LogP contribution in [0.15, 0.2) is 29.8 Å². The fraction of sp³-hybridized carbons (Fsp3) is 0.412. The Morgan fingerprint density at radius 1 is 1.24 bits per heavy atom. The van der Waals surface area contributed by atoms with Gasteiger partial charge in [0.2, 0.25) is 5.91 Å². The van der Waals surface area contributed by atoms with Gasteiger partial charge in [0.1, 0.15) is 0 Å². The molecule has 1 fully saturated rings. The molecular formula is C17H20Cl2N4OS. The number of likely N-dealkylation sites (N-methyl/N-ethyl adjacent to an activating group) is 1. The van der Waals surface area contributed by atoms with Crippen molar-refractivity contribution in [3.8, 4) is 0 Å². The van der Waals surface area contributed by atoms with Gasteiger partial charge in [-0.1, -0.05) is 29.3 Å². The Balaban J connectivity index is 1.48. The molecule has 1 aromatic heterocycles. The third kappa shape index (κ3) is 4.85. The smallest absolute Gasteiger partial charge is 0.236 e. The van der Waals surface area contributed by atoms with E-state index in [0.717, 1.165) is 36.9 Å². The van der Waals surface area contributed by atoms with Crippen LogP contribution in [-0.2, 0) is 11.3 Å². The lowest BCUT2D eigenvalue weighted by molar-refractivity contribution is -0.131. The van der Waals surface area contributed by atoms with E-state index in [4.69, 9.17) is 23.2 Å². The van der Waals surface area contributed by atoms with E-state index in [0.29, 0.717) is 23.1 Å². The second kappa shape index (κ2) is 8.36. The van der Waals surface area contributed by atoms with Crippen molar-refractivity contribution in [3.05, 3.63) is 45.4 Å². The topological polar surface area (TPSA) is 39.7 Å². The molecule has 134 valence electrons. The van der Waals surface area contributed by atoms with E-state index in [-0.39, 0.29) is 5.91 Å². The van der Waals surface area contributed by atoms with Crippen LogP contribution in [0.25, 0.3) is 0 Å². The molecule has 8 heteroatoms. The highest BCUT2D eigenvalue weighted by Crippen LogP contribution is 2.23. The first kappa shape index (κ1) is 18.5. The number of anilines is 1. The van der Waals surface area contributed by atoms with E-state index in [1.807, 2.05) is 24.7 Å². The van der Waals surface area contributed by atoms with E-state index in [2.05, 4.69) is 14.8 Å². The summed E-state index contributed by atoms with van der Waals surface area (Å²) in [5.74, 6) is 0.105. The molecule has 5 nitrogen and oxygen atoms in total. The number of hydrogen-bond acceptors (Lipinski definition) is 5. The number of hydrogen-bond donors (Lipinski definition) is 0. The van der Waals surface area contributed by atoms with Crippen molar-refractivity contribution in [1.82, 2.24) is 14.8 Å². The highest BCUT2D eigenvalue weighted by atomic mass is 35.5. The fourth-order valence-corrected chi connectivity index (χ4v) is 3.80. The summed E-state index contributed by atoms with van der Waals surface area (Å²) in [6, 6.07) is 5.46. The van der Waals surface area contributed by atoms with Gasteiger partial charge < -0.3 is 9.80 Å². The van der Waals surface area contributed by atoms with Gasteiger partial charge in [0, 0.05) is 51.3 Å². The zero-order chi connectivity index (χ0) is 17.8. The Labute approximate surface area is 161 Å². The van der Waals surface area contributed by atoms with Crippen LogP contribution in [0.1, 0.15) is 5.56 Å². The maximum Gasteiger partial charge on any atom is 0.236 e. The Morgan fingerprint density at radius 3 is 2.64 bits per heavy atom. The van der Waals surface area contributed by atoms with Gasteiger partial charge in [0.15, 0.2) is 5.13 Å². The summed E-state index contributed by atoms with van der Waals surface area (Å²) in [5.41, 5.74) is 0.971. The van der Waals surface area contributed by atoms with Crippen molar-refractivity contribution >= 4 is 45.6 Å². The van der Waals surface area contributed by atoms with Gasteiger partial charge in [-0.3, -0.25) is 9.69 Å². The number of piperazine rings is 1. The van der Waals surface area contributed by atoms with Crippen LogP contribution in [0.2, 0.25) is 10.0 Å². The fourth-order valence-electron chi connectivity index (χ4n) is 2.78. The van der Waals surface area contributed by atoms with Gasteiger partial charge in [-0.15, -0.1) is 11.3 Å². The van der Waals surface area contributed by atoms with Crippen molar-refractivity contribution in [2.45, 2.75) is 6.54 Å². The second-order valence-electron chi connectivity index (χ2n) is 6.08. The van der Waals surface area contributed by atoms with Crippen LogP contribution in [0.4, 0.5) is 5.13 Å². The summed E-state index contributed by atoms with van der Waals surface area (Å²) in [6.45, 7) is 4.49.